The van der Waals surface area contributed by atoms with Gasteiger partial charge in [-0.15, -0.1) is 0 Å². The van der Waals surface area contributed by atoms with Gasteiger partial charge in [0.25, 0.3) is 0 Å². The maximum Gasteiger partial charge on any atom is 0.133 e. The number of pyridine rings is 1. The van der Waals surface area contributed by atoms with Crippen LogP contribution in [0.3, 0.4) is 0 Å². The molecule has 142 valence electrons. The molecule has 0 saturated carbocycles. The minimum absolute atomic E-state index is 0. The van der Waals surface area contributed by atoms with Crippen molar-refractivity contribution >= 4 is 5.82 Å². The van der Waals surface area contributed by atoms with Crippen molar-refractivity contribution in [2.75, 3.05) is 38.7 Å². The zero-order valence-corrected chi connectivity index (χ0v) is 19.9. The number of unbranched alkanes of at least 4 members (excludes halogenated alkanes) is 1. The Morgan fingerprint density at radius 1 is 1.32 bits per heavy atom. The Kier molecular flexibility index (Phi) is 11.8. The fraction of sp³-hybridized carbons (Fsp3) is 0.684. The first-order chi connectivity index (χ1) is 11.9. The second-order valence-corrected chi connectivity index (χ2v) is 6.12. The SMILES string of the molecule is COc1cc(CCCCO[C@@H]2CCNC2)nc2c1CCCN2.[CH2-]C.[HH].[U]. The molecule has 5 nitrogen and oxygen atoms in total. The molecule has 3 heterocycles. The molecular weight excluding hydrogens is 540 g/mol. The van der Waals surface area contributed by atoms with Crippen LogP contribution >= 0.6 is 0 Å². The van der Waals surface area contributed by atoms with Crippen LogP contribution in [0.4, 0.5) is 5.82 Å². The molecule has 0 unspecified atom stereocenters. The Labute approximate surface area is 177 Å². The van der Waals surface area contributed by atoms with Crippen molar-refractivity contribution in [1.82, 2.24) is 10.3 Å². The summed E-state index contributed by atoms with van der Waals surface area (Å²) in [6, 6.07) is 2.10. The fourth-order valence-corrected chi connectivity index (χ4v) is 3.20. The Morgan fingerprint density at radius 3 is 2.88 bits per heavy atom. The van der Waals surface area contributed by atoms with Crippen molar-refractivity contribution in [1.29, 1.82) is 0 Å². The smallest absolute Gasteiger partial charge is 0.133 e. The van der Waals surface area contributed by atoms with E-state index in [2.05, 4.69) is 23.6 Å². The first kappa shape index (κ1) is 22.8. The van der Waals surface area contributed by atoms with Crippen LogP contribution in [0.1, 0.15) is 45.3 Å². The molecule has 1 saturated heterocycles. The number of fused-ring (bicyclic) bond motifs is 1. The molecule has 25 heavy (non-hydrogen) atoms. The topological polar surface area (TPSA) is 55.4 Å². The maximum absolute atomic E-state index is 5.86. The van der Waals surface area contributed by atoms with Crippen LogP contribution in [0, 0.1) is 38.0 Å². The Hall–Kier alpha value is -0.278. The number of aromatic nitrogens is 1. The van der Waals surface area contributed by atoms with Crippen LogP contribution in [-0.2, 0) is 17.6 Å². The summed E-state index contributed by atoms with van der Waals surface area (Å²) in [5, 5.41) is 6.72. The van der Waals surface area contributed by atoms with Gasteiger partial charge >= 0.3 is 0 Å². The van der Waals surface area contributed by atoms with Crippen molar-refractivity contribution in [2.45, 2.75) is 51.6 Å². The van der Waals surface area contributed by atoms with Gasteiger partial charge in [-0.05, 0) is 45.1 Å². The van der Waals surface area contributed by atoms with E-state index in [0.717, 1.165) is 82.0 Å². The largest absolute Gasteiger partial charge is 0.496 e. The van der Waals surface area contributed by atoms with Gasteiger partial charge in [-0.3, -0.25) is 0 Å². The van der Waals surface area contributed by atoms with Gasteiger partial charge in [-0.2, -0.15) is 6.92 Å². The molecule has 0 aromatic carbocycles. The molecule has 1 fully saturated rings. The summed E-state index contributed by atoms with van der Waals surface area (Å²) in [7, 11) is 1.75. The van der Waals surface area contributed by atoms with E-state index < -0.39 is 0 Å². The van der Waals surface area contributed by atoms with E-state index in [1.807, 2.05) is 0 Å². The first-order valence-corrected chi connectivity index (χ1v) is 9.20. The summed E-state index contributed by atoms with van der Waals surface area (Å²) in [6.07, 6.45) is 6.96. The van der Waals surface area contributed by atoms with E-state index in [-0.39, 0.29) is 32.5 Å². The molecule has 1 aromatic rings. The third-order valence-electron chi connectivity index (χ3n) is 4.45. The predicted molar refractivity (Wildman–Crippen MR) is 101 cm³/mol. The minimum atomic E-state index is 0. The third kappa shape index (κ3) is 7.09. The normalized spacial score (nSPS) is 18.3. The molecule has 2 N–H and O–H groups in total. The van der Waals surface area contributed by atoms with E-state index in [1.165, 1.54) is 5.56 Å². The number of methoxy groups -OCH3 is 1. The molecular formula is C19H34N3O2U-. The summed E-state index contributed by atoms with van der Waals surface area (Å²) in [4.78, 5) is 4.76. The van der Waals surface area contributed by atoms with Gasteiger partial charge < -0.3 is 27.0 Å². The second-order valence-electron chi connectivity index (χ2n) is 6.12. The molecule has 0 amide bonds. The van der Waals surface area contributed by atoms with Crippen LogP contribution in [0.25, 0.3) is 0 Å². The van der Waals surface area contributed by atoms with Gasteiger partial charge in [0.1, 0.15) is 11.6 Å². The fourth-order valence-electron chi connectivity index (χ4n) is 3.20. The predicted octanol–water partition coefficient (Wildman–Crippen LogP) is 3.24. The Morgan fingerprint density at radius 2 is 2.16 bits per heavy atom. The number of nitrogens with zero attached hydrogens (tertiary/aromatic N) is 1. The number of aryl methyl sites for hydroxylation is 1. The van der Waals surface area contributed by atoms with Gasteiger partial charge in [0.2, 0.25) is 0 Å². The molecule has 3 rings (SSSR count). The molecule has 0 radical (unpaired) electrons. The van der Waals surface area contributed by atoms with Crippen LogP contribution in [-0.4, -0.2) is 44.4 Å². The van der Waals surface area contributed by atoms with Gasteiger partial charge in [-0.1, -0.05) is 0 Å². The zero-order valence-electron chi connectivity index (χ0n) is 15.7. The van der Waals surface area contributed by atoms with Crippen molar-refractivity contribution in [3.63, 3.8) is 0 Å². The summed E-state index contributed by atoms with van der Waals surface area (Å²) >= 11 is 0. The van der Waals surface area contributed by atoms with Crippen LogP contribution in [0.5, 0.6) is 5.75 Å². The minimum Gasteiger partial charge on any atom is -0.496 e. The average Bonchev–Trinajstić information content (AvgIpc) is 3.16. The monoisotopic (exact) mass is 574 g/mol. The Bertz CT molecular complexity index is 483. The molecule has 1 aromatic heterocycles. The molecule has 2 aliphatic heterocycles. The van der Waals surface area contributed by atoms with Crippen molar-refractivity contribution < 1.29 is 42.0 Å². The van der Waals surface area contributed by atoms with Crippen molar-refractivity contribution in [3.8, 4) is 5.75 Å². The van der Waals surface area contributed by atoms with E-state index in [1.54, 1.807) is 14.0 Å². The Balaban J connectivity index is 0.00000151. The van der Waals surface area contributed by atoms with Crippen LogP contribution < -0.4 is 15.4 Å². The van der Waals surface area contributed by atoms with Gasteiger partial charge in [0.15, 0.2) is 0 Å². The first-order valence-electron chi connectivity index (χ1n) is 9.20. The van der Waals surface area contributed by atoms with Gasteiger partial charge in [0, 0.05) is 69.6 Å². The van der Waals surface area contributed by atoms with E-state index in [4.69, 9.17) is 14.5 Å². The van der Waals surface area contributed by atoms with Crippen LogP contribution in [0.2, 0.25) is 0 Å². The van der Waals surface area contributed by atoms with Gasteiger partial charge in [0.05, 0.1) is 13.2 Å². The molecule has 1 atom stereocenters. The third-order valence-corrected chi connectivity index (χ3v) is 4.45. The maximum atomic E-state index is 5.86. The molecule has 0 aliphatic carbocycles. The van der Waals surface area contributed by atoms with Crippen molar-refractivity contribution in [2.24, 2.45) is 0 Å². The van der Waals surface area contributed by atoms with Gasteiger partial charge in [-0.25, -0.2) is 4.98 Å². The molecule has 0 bridgehead atoms. The number of hydrogen-bond donors (Lipinski definition) is 2. The summed E-state index contributed by atoms with van der Waals surface area (Å²) in [5.74, 6) is 2.01. The number of anilines is 1. The average molecular weight is 575 g/mol. The molecule has 2 aliphatic rings. The molecule has 6 heteroatoms. The number of ether oxygens (including phenoxy) is 2. The summed E-state index contributed by atoms with van der Waals surface area (Å²) in [6.45, 7) is 8.97. The van der Waals surface area contributed by atoms with E-state index in [0.29, 0.717) is 6.10 Å². The second kappa shape index (κ2) is 13.0. The standard InChI is InChI=1S/C17H27N3O2.C2H5.U.H2/c1-21-16-11-13(20-17-15(16)6-4-8-19-17)5-2-3-10-22-14-7-9-18-12-14;1-2;;/h11,14,18H,2-10,12H2,1H3,(H,19,20);1H2,2H3;;1H/q;-1;;/t14-;;;/m1.../s1. The van der Waals surface area contributed by atoms with E-state index in [9.17, 15) is 0 Å². The van der Waals surface area contributed by atoms with Crippen molar-refractivity contribution in [3.05, 3.63) is 24.2 Å². The number of nitrogens with one attached hydrogen (secondary N) is 2. The number of rotatable bonds is 7. The quantitative estimate of drug-likeness (QED) is 0.387. The summed E-state index contributed by atoms with van der Waals surface area (Å²) in [5.41, 5.74) is 2.35. The molecule has 0 spiro atoms. The summed E-state index contributed by atoms with van der Waals surface area (Å²) < 4.78 is 11.4. The van der Waals surface area contributed by atoms with Crippen LogP contribution in [0.15, 0.2) is 6.07 Å². The number of hydrogen-bond acceptors (Lipinski definition) is 5. The van der Waals surface area contributed by atoms with E-state index >= 15 is 0 Å². The zero-order chi connectivity index (χ0) is 17.2.